The molecule has 4 nitrogen and oxygen atoms in total. The molecular formula is C14H18N4. The van der Waals surface area contributed by atoms with Crippen LogP contribution in [-0.2, 0) is 0 Å². The first kappa shape index (κ1) is 11.3. The second-order valence-electron chi connectivity index (χ2n) is 4.93. The topological polar surface area (TPSA) is 42.7 Å². The third-order valence-electron chi connectivity index (χ3n) is 3.69. The number of hydrogen-bond donors (Lipinski definition) is 1. The van der Waals surface area contributed by atoms with Crippen molar-refractivity contribution < 1.29 is 0 Å². The van der Waals surface area contributed by atoms with Gasteiger partial charge in [-0.2, -0.15) is 5.10 Å². The van der Waals surface area contributed by atoms with Gasteiger partial charge in [0.15, 0.2) is 0 Å². The average molecular weight is 242 g/mol. The van der Waals surface area contributed by atoms with E-state index >= 15 is 0 Å². The predicted octanol–water partition coefficient (Wildman–Crippen LogP) is 2.96. The molecule has 3 rings (SSSR count). The lowest BCUT2D eigenvalue weighted by molar-refractivity contribution is 0.313. The maximum Gasteiger partial charge on any atom is 0.125 e. The zero-order chi connectivity index (χ0) is 12.5. The summed E-state index contributed by atoms with van der Waals surface area (Å²) in [6.07, 6.45) is 4.76. The van der Waals surface area contributed by atoms with Crippen LogP contribution in [0, 0.1) is 5.92 Å². The Morgan fingerprint density at radius 3 is 3.11 bits per heavy atom. The minimum atomic E-state index is 0.492. The smallest absolute Gasteiger partial charge is 0.125 e. The molecule has 1 aliphatic heterocycles. The normalized spacial score (nSPS) is 22.3. The standard InChI is InChI=1S/C14H18N4/c1-3-13-10(2)8-16-14-7-12(17-18(13)14)11-5-4-6-15-9-11/h4-7,9-10,13,16H,3,8H2,1-2H3. The number of nitrogens with zero attached hydrogens (tertiary/aromatic N) is 3. The van der Waals surface area contributed by atoms with Crippen molar-refractivity contribution >= 4 is 5.82 Å². The Morgan fingerprint density at radius 2 is 2.39 bits per heavy atom. The molecule has 2 aromatic heterocycles. The number of nitrogens with one attached hydrogen (secondary N) is 1. The first-order valence-electron chi connectivity index (χ1n) is 6.53. The van der Waals surface area contributed by atoms with E-state index in [0.717, 1.165) is 30.0 Å². The molecule has 2 unspecified atom stereocenters. The molecule has 18 heavy (non-hydrogen) atoms. The maximum absolute atomic E-state index is 4.74. The van der Waals surface area contributed by atoms with E-state index < -0.39 is 0 Å². The van der Waals surface area contributed by atoms with Crippen molar-refractivity contribution in [1.82, 2.24) is 14.8 Å². The fraction of sp³-hybridized carbons (Fsp3) is 0.429. The van der Waals surface area contributed by atoms with Crippen molar-refractivity contribution in [2.24, 2.45) is 5.92 Å². The molecule has 0 spiro atoms. The highest BCUT2D eigenvalue weighted by Gasteiger charge is 2.26. The minimum Gasteiger partial charge on any atom is -0.370 e. The Hall–Kier alpha value is -1.84. The van der Waals surface area contributed by atoms with Crippen molar-refractivity contribution in [3.63, 3.8) is 0 Å². The molecule has 0 bridgehead atoms. The summed E-state index contributed by atoms with van der Waals surface area (Å²) in [5, 5.41) is 8.18. The van der Waals surface area contributed by atoms with Crippen LogP contribution in [0.2, 0.25) is 0 Å². The fourth-order valence-corrected chi connectivity index (χ4v) is 2.65. The molecule has 2 atom stereocenters. The second-order valence-corrected chi connectivity index (χ2v) is 4.93. The Bertz CT molecular complexity index is 532. The van der Waals surface area contributed by atoms with Crippen LogP contribution in [0.25, 0.3) is 11.3 Å². The van der Waals surface area contributed by atoms with E-state index in [1.807, 2.05) is 18.3 Å². The third-order valence-corrected chi connectivity index (χ3v) is 3.69. The molecule has 0 amide bonds. The lowest BCUT2D eigenvalue weighted by Crippen LogP contribution is -2.30. The minimum absolute atomic E-state index is 0.492. The molecule has 0 aliphatic carbocycles. The van der Waals surface area contributed by atoms with Gasteiger partial charge in [-0.25, -0.2) is 4.68 Å². The highest BCUT2D eigenvalue weighted by Crippen LogP contribution is 2.32. The van der Waals surface area contributed by atoms with E-state index in [-0.39, 0.29) is 0 Å². The van der Waals surface area contributed by atoms with E-state index in [1.54, 1.807) is 6.20 Å². The molecule has 1 aliphatic rings. The summed E-state index contributed by atoms with van der Waals surface area (Å²) in [7, 11) is 0. The molecular weight excluding hydrogens is 224 g/mol. The second kappa shape index (κ2) is 4.44. The van der Waals surface area contributed by atoms with Gasteiger partial charge in [-0.1, -0.05) is 13.8 Å². The van der Waals surface area contributed by atoms with Crippen LogP contribution in [0.1, 0.15) is 26.3 Å². The van der Waals surface area contributed by atoms with Crippen LogP contribution in [0.15, 0.2) is 30.6 Å². The van der Waals surface area contributed by atoms with Gasteiger partial charge in [0.2, 0.25) is 0 Å². The monoisotopic (exact) mass is 242 g/mol. The van der Waals surface area contributed by atoms with Crippen molar-refractivity contribution in [3.8, 4) is 11.3 Å². The summed E-state index contributed by atoms with van der Waals surface area (Å²) in [5.74, 6) is 1.74. The summed E-state index contributed by atoms with van der Waals surface area (Å²) < 4.78 is 2.14. The Labute approximate surface area is 107 Å². The molecule has 0 radical (unpaired) electrons. The number of anilines is 1. The number of fused-ring (bicyclic) bond motifs is 1. The summed E-state index contributed by atoms with van der Waals surface area (Å²) in [6, 6.07) is 6.60. The molecule has 0 fully saturated rings. The zero-order valence-electron chi connectivity index (χ0n) is 10.8. The van der Waals surface area contributed by atoms with Gasteiger partial charge in [-0.3, -0.25) is 4.98 Å². The zero-order valence-corrected chi connectivity index (χ0v) is 10.8. The lowest BCUT2D eigenvalue weighted by atomic mass is 9.98. The van der Waals surface area contributed by atoms with Gasteiger partial charge in [-0.05, 0) is 24.5 Å². The van der Waals surface area contributed by atoms with Crippen LogP contribution >= 0.6 is 0 Å². The van der Waals surface area contributed by atoms with Crippen LogP contribution in [0.5, 0.6) is 0 Å². The van der Waals surface area contributed by atoms with Gasteiger partial charge in [0.1, 0.15) is 5.82 Å². The third kappa shape index (κ3) is 1.78. The van der Waals surface area contributed by atoms with E-state index in [4.69, 9.17) is 5.10 Å². The fourth-order valence-electron chi connectivity index (χ4n) is 2.65. The summed E-state index contributed by atoms with van der Waals surface area (Å²) in [6.45, 7) is 5.52. The molecule has 1 N–H and O–H groups in total. The average Bonchev–Trinajstić information content (AvgIpc) is 2.84. The lowest BCUT2D eigenvalue weighted by Gasteiger charge is -2.30. The quantitative estimate of drug-likeness (QED) is 0.880. The number of rotatable bonds is 2. The molecule has 94 valence electrons. The molecule has 0 saturated heterocycles. The van der Waals surface area contributed by atoms with E-state index in [2.05, 4.69) is 34.9 Å². The molecule has 0 aromatic carbocycles. The molecule has 2 aromatic rings. The Kier molecular flexibility index (Phi) is 2.78. The molecule has 3 heterocycles. The van der Waals surface area contributed by atoms with Crippen molar-refractivity contribution in [1.29, 1.82) is 0 Å². The first-order chi connectivity index (χ1) is 8.79. The maximum atomic E-state index is 4.74. The highest BCUT2D eigenvalue weighted by atomic mass is 15.4. The van der Waals surface area contributed by atoms with Gasteiger partial charge < -0.3 is 5.32 Å². The van der Waals surface area contributed by atoms with Gasteiger partial charge in [0.25, 0.3) is 0 Å². The molecule has 0 saturated carbocycles. The largest absolute Gasteiger partial charge is 0.370 e. The van der Waals surface area contributed by atoms with Crippen molar-refractivity contribution in [3.05, 3.63) is 30.6 Å². The van der Waals surface area contributed by atoms with Crippen molar-refractivity contribution in [2.75, 3.05) is 11.9 Å². The van der Waals surface area contributed by atoms with Gasteiger partial charge in [0, 0.05) is 30.6 Å². The summed E-state index contributed by atoms with van der Waals surface area (Å²) in [5.41, 5.74) is 2.07. The summed E-state index contributed by atoms with van der Waals surface area (Å²) in [4.78, 5) is 4.15. The van der Waals surface area contributed by atoms with E-state index in [0.29, 0.717) is 12.0 Å². The van der Waals surface area contributed by atoms with Gasteiger partial charge >= 0.3 is 0 Å². The van der Waals surface area contributed by atoms with Crippen LogP contribution in [0.4, 0.5) is 5.82 Å². The SMILES string of the molecule is CCC1C(C)CNc2cc(-c3cccnc3)nn21. The summed E-state index contributed by atoms with van der Waals surface area (Å²) >= 11 is 0. The highest BCUT2D eigenvalue weighted by molar-refractivity contribution is 5.62. The van der Waals surface area contributed by atoms with Crippen LogP contribution in [-0.4, -0.2) is 21.3 Å². The van der Waals surface area contributed by atoms with E-state index in [9.17, 15) is 0 Å². The van der Waals surface area contributed by atoms with Crippen LogP contribution in [0.3, 0.4) is 0 Å². The van der Waals surface area contributed by atoms with Crippen LogP contribution < -0.4 is 5.32 Å². The number of aromatic nitrogens is 3. The predicted molar refractivity (Wildman–Crippen MR) is 72.4 cm³/mol. The first-order valence-corrected chi connectivity index (χ1v) is 6.53. The number of pyridine rings is 1. The number of hydrogen-bond acceptors (Lipinski definition) is 3. The Morgan fingerprint density at radius 1 is 1.50 bits per heavy atom. The van der Waals surface area contributed by atoms with E-state index in [1.165, 1.54) is 0 Å². The van der Waals surface area contributed by atoms with Gasteiger partial charge in [-0.15, -0.1) is 0 Å². The van der Waals surface area contributed by atoms with Crippen molar-refractivity contribution in [2.45, 2.75) is 26.3 Å². The molecule has 4 heteroatoms. The Balaban J connectivity index is 2.02. The van der Waals surface area contributed by atoms with Gasteiger partial charge in [0.05, 0.1) is 11.7 Å².